The highest BCUT2D eigenvalue weighted by molar-refractivity contribution is 7.80. The highest BCUT2D eigenvalue weighted by atomic mass is 32.1. The number of nitrogens with zero attached hydrogens (tertiary/aromatic N) is 2. The predicted molar refractivity (Wildman–Crippen MR) is 72.4 cm³/mol. The Balaban J connectivity index is 2.30. The monoisotopic (exact) mass is 244 g/mol. The number of nitrogens with one attached hydrogen (secondary N) is 1. The Hall–Kier alpha value is -2.01. The van der Waals surface area contributed by atoms with Crippen LogP contribution in [0.3, 0.4) is 0 Å². The largest absolute Gasteiger partial charge is 0.389 e. The molecule has 17 heavy (non-hydrogen) atoms. The van der Waals surface area contributed by atoms with Gasteiger partial charge in [0.2, 0.25) is 0 Å². The van der Waals surface area contributed by atoms with Crippen molar-refractivity contribution < 1.29 is 0 Å². The van der Waals surface area contributed by atoms with Crippen molar-refractivity contribution in [3.8, 4) is 0 Å². The van der Waals surface area contributed by atoms with Crippen molar-refractivity contribution in [2.24, 2.45) is 5.73 Å². The minimum Gasteiger partial charge on any atom is -0.389 e. The minimum absolute atomic E-state index is 0.278. The van der Waals surface area contributed by atoms with Crippen molar-refractivity contribution >= 4 is 28.7 Å². The van der Waals surface area contributed by atoms with Gasteiger partial charge in [-0.25, -0.2) is 9.97 Å². The average Bonchev–Trinajstić information content (AvgIpc) is 2.32. The Morgan fingerprint density at radius 2 is 2.00 bits per heavy atom. The maximum absolute atomic E-state index is 5.60. The lowest BCUT2D eigenvalue weighted by atomic mass is 10.2. The van der Waals surface area contributed by atoms with E-state index in [4.69, 9.17) is 18.0 Å². The summed E-state index contributed by atoms with van der Waals surface area (Å²) in [7, 11) is 0. The van der Waals surface area contributed by atoms with Gasteiger partial charge in [0.15, 0.2) is 0 Å². The second-order valence-corrected chi connectivity index (χ2v) is 4.08. The van der Waals surface area contributed by atoms with Gasteiger partial charge in [-0.2, -0.15) is 0 Å². The van der Waals surface area contributed by atoms with Crippen LogP contribution in [0, 0.1) is 6.92 Å². The van der Waals surface area contributed by atoms with E-state index in [2.05, 4.69) is 15.3 Å². The number of thiocarbonyl (C=S) groups is 1. The van der Waals surface area contributed by atoms with Gasteiger partial charge in [-0.05, 0) is 19.1 Å². The predicted octanol–water partition coefficient (Wildman–Crippen LogP) is 2.16. The molecule has 0 saturated carbocycles. The lowest BCUT2D eigenvalue weighted by molar-refractivity contribution is 1.16. The Bertz CT molecular complexity index is 536. The molecule has 2 rings (SSSR count). The molecule has 0 aliphatic carbocycles. The van der Waals surface area contributed by atoms with Gasteiger partial charge in [0.05, 0.1) is 5.56 Å². The van der Waals surface area contributed by atoms with Crippen LogP contribution in [0.15, 0.2) is 36.8 Å². The van der Waals surface area contributed by atoms with E-state index in [1.165, 1.54) is 11.9 Å². The molecule has 0 amide bonds. The van der Waals surface area contributed by atoms with Gasteiger partial charge < -0.3 is 11.1 Å². The Morgan fingerprint density at radius 1 is 1.29 bits per heavy atom. The number of hydrogen-bond acceptors (Lipinski definition) is 4. The number of rotatable bonds is 3. The normalized spacial score (nSPS) is 9.94. The fourth-order valence-electron chi connectivity index (χ4n) is 1.38. The van der Waals surface area contributed by atoms with Crippen LogP contribution in [-0.2, 0) is 0 Å². The highest BCUT2D eigenvalue weighted by Crippen LogP contribution is 2.17. The van der Waals surface area contributed by atoms with Crippen LogP contribution in [0.25, 0.3) is 0 Å². The van der Waals surface area contributed by atoms with E-state index in [1.807, 2.05) is 31.2 Å². The third kappa shape index (κ3) is 2.76. The van der Waals surface area contributed by atoms with Gasteiger partial charge in [-0.15, -0.1) is 0 Å². The van der Waals surface area contributed by atoms with E-state index >= 15 is 0 Å². The summed E-state index contributed by atoms with van der Waals surface area (Å²) in [6.07, 6.45) is 3.06. The zero-order chi connectivity index (χ0) is 12.3. The van der Waals surface area contributed by atoms with Gasteiger partial charge in [0.1, 0.15) is 17.1 Å². The van der Waals surface area contributed by atoms with Crippen molar-refractivity contribution in [1.82, 2.24) is 9.97 Å². The van der Waals surface area contributed by atoms with Crippen LogP contribution >= 0.6 is 12.2 Å². The van der Waals surface area contributed by atoms with Gasteiger partial charge >= 0.3 is 0 Å². The summed E-state index contributed by atoms with van der Waals surface area (Å²) in [4.78, 5) is 8.31. The zero-order valence-electron chi connectivity index (χ0n) is 9.34. The van der Waals surface area contributed by atoms with E-state index in [1.54, 1.807) is 6.20 Å². The van der Waals surface area contributed by atoms with Crippen LogP contribution in [0.5, 0.6) is 0 Å². The molecule has 0 bridgehead atoms. The molecule has 3 N–H and O–H groups in total. The fraction of sp³-hybridized carbons (Fsp3) is 0.0833. The van der Waals surface area contributed by atoms with Crippen LogP contribution in [0.4, 0.5) is 11.5 Å². The molecule has 0 spiro atoms. The van der Waals surface area contributed by atoms with E-state index in [0.29, 0.717) is 11.4 Å². The first-order chi connectivity index (χ1) is 8.16. The molecule has 0 unspecified atom stereocenters. The lowest BCUT2D eigenvalue weighted by Crippen LogP contribution is -2.13. The molecule has 1 heterocycles. The quantitative estimate of drug-likeness (QED) is 0.810. The third-order valence-corrected chi connectivity index (χ3v) is 2.51. The summed E-state index contributed by atoms with van der Waals surface area (Å²) in [6.45, 7) is 2.04. The summed E-state index contributed by atoms with van der Waals surface area (Å²) in [6, 6.07) is 7.98. The summed E-state index contributed by atoms with van der Waals surface area (Å²) in [5.74, 6) is 0.622. The smallest absolute Gasteiger partial charge is 0.144 e. The summed E-state index contributed by atoms with van der Waals surface area (Å²) < 4.78 is 0. The molecule has 1 aromatic heterocycles. The molecule has 0 radical (unpaired) electrons. The topological polar surface area (TPSA) is 63.8 Å². The molecular weight excluding hydrogens is 232 g/mol. The van der Waals surface area contributed by atoms with Gasteiger partial charge in [0, 0.05) is 11.9 Å². The third-order valence-electron chi connectivity index (χ3n) is 2.29. The molecule has 0 aliphatic rings. The van der Waals surface area contributed by atoms with Crippen LogP contribution in [-0.4, -0.2) is 15.0 Å². The van der Waals surface area contributed by atoms with E-state index in [0.717, 1.165) is 5.69 Å². The first kappa shape index (κ1) is 11.5. The fourth-order valence-corrected chi connectivity index (χ4v) is 1.53. The number of nitrogens with two attached hydrogens (primary N) is 1. The SMILES string of the molecule is Cc1ccc(Nc2ncncc2C(N)=S)cc1. The summed E-state index contributed by atoms with van der Waals surface area (Å²) in [5, 5.41) is 3.16. The molecule has 86 valence electrons. The number of benzene rings is 1. The standard InChI is InChI=1S/C12H12N4S/c1-8-2-4-9(5-3-8)16-12-10(11(13)17)6-14-7-15-12/h2-7H,1H3,(H2,13,17)(H,14,15,16). The second-order valence-electron chi connectivity index (χ2n) is 3.64. The molecule has 2 aromatic rings. The van der Waals surface area contributed by atoms with Gasteiger partial charge in [0.25, 0.3) is 0 Å². The van der Waals surface area contributed by atoms with Gasteiger partial charge in [-0.1, -0.05) is 29.9 Å². The van der Waals surface area contributed by atoms with E-state index in [9.17, 15) is 0 Å². The highest BCUT2D eigenvalue weighted by Gasteiger charge is 2.06. The van der Waals surface area contributed by atoms with Crippen molar-refractivity contribution in [2.45, 2.75) is 6.92 Å². The molecule has 4 nitrogen and oxygen atoms in total. The maximum Gasteiger partial charge on any atom is 0.144 e. The van der Waals surface area contributed by atoms with Gasteiger partial charge in [-0.3, -0.25) is 0 Å². The first-order valence-corrected chi connectivity index (χ1v) is 5.51. The number of anilines is 2. The Labute approximate surface area is 105 Å². The van der Waals surface area contributed by atoms with Crippen molar-refractivity contribution in [1.29, 1.82) is 0 Å². The number of hydrogen-bond donors (Lipinski definition) is 2. The van der Waals surface area contributed by atoms with Crippen molar-refractivity contribution in [3.63, 3.8) is 0 Å². The average molecular weight is 244 g/mol. The second kappa shape index (κ2) is 4.88. The molecule has 0 aliphatic heterocycles. The summed E-state index contributed by atoms with van der Waals surface area (Å²) >= 11 is 4.94. The maximum atomic E-state index is 5.60. The minimum atomic E-state index is 0.278. The first-order valence-electron chi connectivity index (χ1n) is 5.10. The summed E-state index contributed by atoms with van der Waals surface area (Å²) in [5.41, 5.74) is 8.38. The number of aryl methyl sites for hydroxylation is 1. The lowest BCUT2D eigenvalue weighted by Gasteiger charge is -2.09. The van der Waals surface area contributed by atoms with Crippen molar-refractivity contribution in [2.75, 3.05) is 5.32 Å². The van der Waals surface area contributed by atoms with E-state index < -0.39 is 0 Å². The molecule has 1 aromatic carbocycles. The van der Waals surface area contributed by atoms with Crippen molar-refractivity contribution in [3.05, 3.63) is 47.9 Å². The molecule has 0 atom stereocenters. The Morgan fingerprint density at radius 3 is 2.65 bits per heavy atom. The van der Waals surface area contributed by atoms with E-state index in [-0.39, 0.29) is 4.99 Å². The van der Waals surface area contributed by atoms with Crippen LogP contribution < -0.4 is 11.1 Å². The van der Waals surface area contributed by atoms with Crippen LogP contribution in [0.1, 0.15) is 11.1 Å². The zero-order valence-corrected chi connectivity index (χ0v) is 10.2. The molecular formula is C12H12N4S. The Kier molecular flexibility index (Phi) is 3.30. The van der Waals surface area contributed by atoms with Crippen LogP contribution in [0.2, 0.25) is 0 Å². The number of aromatic nitrogens is 2. The molecule has 0 fully saturated rings. The molecule has 0 saturated heterocycles. The molecule has 5 heteroatoms.